The van der Waals surface area contributed by atoms with Crippen LogP contribution in [0.15, 0.2) is 78.9 Å². The van der Waals surface area contributed by atoms with Gasteiger partial charge in [-0.2, -0.15) is 0 Å². The van der Waals surface area contributed by atoms with E-state index in [0.29, 0.717) is 37.6 Å². The van der Waals surface area contributed by atoms with Crippen LogP contribution in [0.1, 0.15) is 43.4 Å². The van der Waals surface area contributed by atoms with Crippen molar-refractivity contribution in [2.45, 2.75) is 64.6 Å². The molecule has 4 rings (SSSR count). The van der Waals surface area contributed by atoms with Gasteiger partial charge >= 0.3 is 12.1 Å². The summed E-state index contributed by atoms with van der Waals surface area (Å²) in [7, 11) is 0. The number of ether oxygens (including phenoxy) is 2. The number of nitrogens with zero attached hydrogens (tertiary/aromatic N) is 1. The monoisotopic (exact) mass is 729 g/mol. The number of rotatable bonds is 16. The molecule has 3 aromatic rings. The van der Waals surface area contributed by atoms with Gasteiger partial charge in [0, 0.05) is 25.2 Å². The number of anilines is 1. The van der Waals surface area contributed by atoms with Crippen LogP contribution in [0.3, 0.4) is 0 Å². The Morgan fingerprint density at radius 3 is 2.04 bits per heavy atom. The molecule has 0 aromatic heterocycles. The van der Waals surface area contributed by atoms with E-state index in [1.807, 2.05) is 63.2 Å². The standard InChI is InChI=1S/C39H47N5O9/c1-25(2)21-31(40-34(45)23-28-13-15-29(16-14-28)53-39(51)43-30-12-8-7-9-26(30)3)36(48)41-32(24-35(46)47)37(49)42-33(22-27-10-5-4-6-11-27)38(50)44-17-19-52-20-18-44/h4-16,25,31-33H,17-24H2,1-3H3,(H,40,45)(H,41,48)(H,42,49)(H,43,51)(H,46,47)/t31?,32-,33?/m0/s1. The van der Waals surface area contributed by atoms with E-state index >= 15 is 0 Å². The van der Waals surface area contributed by atoms with Crippen molar-refractivity contribution in [2.75, 3.05) is 31.6 Å². The second-order valence-electron chi connectivity index (χ2n) is 13.2. The molecule has 3 atom stereocenters. The van der Waals surface area contributed by atoms with Gasteiger partial charge in [-0.05, 0) is 54.2 Å². The fourth-order valence-electron chi connectivity index (χ4n) is 5.75. The van der Waals surface area contributed by atoms with Crippen LogP contribution >= 0.6 is 0 Å². The lowest BCUT2D eigenvalue weighted by atomic mass is 10.0. The molecule has 3 aromatic carbocycles. The molecule has 1 aliphatic rings. The van der Waals surface area contributed by atoms with Gasteiger partial charge in [-0.3, -0.25) is 29.3 Å². The zero-order chi connectivity index (χ0) is 38.3. The van der Waals surface area contributed by atoms with E-state index in [9.17, 15) is 33.9 Å². The predicted octanol–water partition coefficient (Wildman–Crippen LogP) is 3.23. The van der Waals surface area contributed by atoms with Gasteiger partial charge in [-0.25, -0.2) is 4.79 Å². The van der Waals surface area contributed by atoms with Crippen LogP contribution in [-0.2, 0) is 41.6 Å². The molecule has 2 unspecified atom stereocenters. The van der Waals surface area contributed by atoms with Crippen LogP contribution in [0.25, 0.3) is 0 Å². The number of hydrogen-bond acceptors (Lipinski definition) is 8. The first-order valence-electron chi connectivity index (χ1n) is 17.5. The summed E-state index contributed by atoms with van der Waals surface area (Å²) >= 11 is 0. The van der Waals surface area contributed by atoms with Crippen LogP contribution < -0.4 is 26.0 Å². The first kappa shape index (κ1) is 40.0. The molecule has 1 heterocycles. The number of carbonyl (C=O) groups is 6. The fraction of sp³-hybridized carbons (Fsp3) is 0.385. The normalized spacial score (nSPS) is 14.3. The average Bonchev–Trinajstić information content (AvgIpc) is 3.12. The van der Waals surface area contributed by atoms with Gasteiger partial charge in [0.15, 0.2) is 0 Å². The smallest absolute Gasteiger partial charge is 0.417 e. The molecule has 1 fully saturated rings. The van der Waals surface area contributed by atoms with Crippen LogP contribution in [0.5, 0.6) is 5.75 Å². The zero-order valence-corrected chi connectivity index (χ0v) is 30.1. The Hall–Kier alpha value is -5.76. The summed E-state index contributed by atoms with van der Waals surface area (Å²) in [5, 5.41) is 20.2. The van der Waals surface area contributed by atoms with E-state index in [4.69, 9.17) is 9.47 Å². The predicted molar refractivity (Wildman–Crippen MR) is 196 cm³/mol. The molecule has 5 N–H and O–H groups in total. The second-order valence-corrected chi connectivity index (χ2v) is 13.2. The maximum absolute atomic E-state index is 13.6. The molecule has 0 spiro atoms. The highest BCUT2D eigenvalue weighted by atomic mass is 16.6. The van der Waals surface area contributed by atoms with Crippen molar-refractivity contribution >= 4 is 41.4 Å². The molecule has 0 radical (unpaired) electrons. The van der Waals surface area contributed by atoms with Gasteiger partial charge in [0.05, 0.1) is 26.1 Å². The molecule has 0 aliphatic carbocycles. The van der Waals surface area contributed by atoms with E-state index in [0.717, 1.165) is 11.1 Å². The minimum Gasteiger partial charge on any atom is -0.481 e. The van der Waals surface area contributed by atoms with Crippen LogP contribution in [-0.4, -0.2) is 90.1 Å². The van der Waals surface area contributed by atoms with Crippen molar-refractivity contribution in [3.05, 3.63) is 95.6 Å². The topological polar surface area (TPSA) is 192 Å². The number of morpholine rings is 1. The van der Waals surface area contributed by atoms with E-state index in [1.165, 1.54) is 0 Å². The first-order valence-corrected chi connectivity index (χ1v) is 17.5. The number of aliphatic carboxylic acids is 1. The number of nitrogens with one attached hydrogen (secondary N) is 4. The van der Waals surface area contributed by atoms with E-state index in [1.54, 1.807) is 41.3 Å². The number of carboxylic acid groups (broad SMARTS) is 1. The fourth-order valence-corrected chi connectivity index (χ4v) is 5.75. The van der Waals surface area contributed by atoms with Crippen molar-refractivity contribution in [1.29, 1.82) is 0 Å². The molecule has 5 amide bonds. The lowest BCUT2D eigenvalue weighted by Crippen LogP contribution is -2.58. The largest absolute Gasteiger partial charge is 0.481 e. The third-order valence-corrected chi connectivity index (χ3v) is 8.47. The number of carbonyl (C=O) groups excluding carboxylic acids is 5. The minimum absolute atomic E-state index is 0.0542. The van der Waals surface area contributed by atoms with Gasteiger partial charge in [-0.1, -0.05) is 74.5 Å². The number of benzene rings is 3. The molecular weight excluding hydrogens is 682 g/mol. The Labute approximate surface area is 308 Å². The number of hydrogen-bond donors (Lipinski definition) is 5. The molecule has 0 saturated carbocycles. The highest BCUT2D eigenvalue weighted by molar-refractivity contribution is 5.96. The maximum Gasteiger partial charge on any atom is 0.417 e. The lowest BCUT2D eigenvalue weighted by molar-refractivity contribution is -0.142. The number of carboxylic acids is 1. The van der Waals surface area contributed by atoms with Gasteiger partial charge in [0.2, 0.25) is 23.6 Å². The molecule has 1 aliphatic heterocycles. The van der Waals surface area contributed by atoms with Crippen molar-refractivity contribution in [3.8, 4) is 5.75 Å². The molecule has 14 heteroatoms. The quantitative estimate of drug-likeness (QED) is 0.147. The molecule has 1 saturated heterocycles. The summed E-state index contributed by atoms with van der Waals surface area (Å²) < 4.78 is 10.7. The highest BCUT2D eigenvalue weighted by Gasteiger charge is 2.33. The molecule has 282 valence electrons. The summed E-state index contributed by atoms with van der Waals surface area (Å²) in [6, 6.07) is 19.0. The Morgan fingerprint density at radius 2 is 1.40 bits per heavy atom. The van der Waals surface area contributed by atoms with Gasteiger partial charge < -0.3 is 35.4 Å². The maximum atomic E-state index is 13.6. The first-order chi connectivity index (χ1) is 25.4. The lowest BCUT2D eigenvalue weighted by Gasteiger charge is -2.31. The van der Waals surface area contributed by atoms with Crippen LogP contribution in [0.4, 0.5) is 10.5 Å². The van der Waals surface area contributed by atoms with Gasteiger partial charge in [-0.15, -0.1) is 0 Å². The Balaban J connectivity index is 1.39. The number of aryl methyl sites for hydroxylation is 1. The Morgan fingerprint density at radius 1 is 0.774 bits per heavy atom. The summed E-state index contributed by atoms with van der Waals surface area (Å²) in [5.41, 5.74) is 2.85. The second kappa shape index (κ2) is 19.7. The van der Waals surface area contributed by atoms with Crippen LogP contribution in [0, 0.1) is 12.8 Å². The van der Waals surface area contributed by atoms with Gasteiger partial charge in [0.25, 0.3) is 0 Å². The molecular formula is C39H47N5O9. The molecule has 53 heavy (non-hydrogen) atoms. The van der Waals surface area contributed by atoms with E-state index in [2.05, 4.69) is 21.3 Å². The summed E-state index contributed by atoms with van der Waals surface area (Å²) in [6.45, 7) is 6.96. The number of para-hydroxylation sites is 1. The number of amides is 5. The average molecular weight is 730 g/mol. The van der Waals surface area contributed by atoms with E-state index in [-0.39, 0.29) is 36.8 Å². The Bertz CT molecular complexity index is 1730. The third kappa shape index (κ3) is 13.1. The van der Waals surface area contributed by atoms with Crippen molar-refractivity contribution in [2.24, 2.45) is 5.92 Å². The summed E-state index contributed by atoms with van der Waals surface area (Å²) in [5.74, 6) is -3.55. The summed E-state index contributed by atoms with van der Waals surface area (Å²) in [4.78, 5) is 79.6. The molecule has 0 bridgehead atoms. The molecule has 14 nitrogen and oxygen atoms in total. The third-order valence-electron chi connectivity index (χ3n) is 8.47. The van der Waals surface area contributed by atoms with Crippen molar-refractivity contribution < 1.29 is 43.3 Å². The summed E-state index contributed by atoms with van der Waals surface area (Å²) in [6.07, 6.45) is -1.18. The van der Waals surface area contributed by atoms with Gasteiger partial charge in [0.1, 0.15) is 23.9 Å². The SMILES string of the molecule is Cc1ccccc1NC(=O)Oc1ccc(CC(=O)NC(CC(C)C)C(=O)N[C@@H](CC(=O)O)C(=O)NC(Cc2ccccc2)C(=O)N2CCOCC2)cc1. The van der Waals surface area contributed by atoms with Crippen molar-refractivity contribution in [1.82, 2.24) is 20.9 Å². The van der Waals surface area contributed by atoms with Crippen LogP contribution in [0.2, 0.25) is 0 Å². The van der Waals surface area contributed by atoms with E-state index < -0.39 is 54.3 Å². The Kier molecular flexibility index (Phi) is 14.9. The zero-order valence-electron chi connectivity index (χ0n) is 30.1. The minimum atomic E-state index is -1.53. The highest BCUT2D eigenvalue weighted by Crippen LogP contribution is 2.17. The van der Waals surface area contributed by atoms with Crippen molar-refractivity contribution in [3.63, 3.8) is 0 Å².